The van der Waals surface area contributed by atoms with E-state index >= 15 is 0 Å². The van der Waals surface area contributed by atoms with Crippen LogP contribution in [-0.2, 0) is 19.2 Å². The normalized spacial score (nSPS) is 22.6. The van der Waals surface area contributed by atoms with Crippen LogP contribution in [0.15, 0.2) is 22.3 Å². The molecule has 132 valence electrons. The smallest absolute Gasteiger partial charge is 0.352 e. The molecule has 10 nitrogen and oxygen atoms in total. The Labute approximate surface area is 149 Å². The minimum Gasteiger partial charge on any atom is -0.477 e. The van der Waals surface area contributed by atoms with Crippen molar-refractivity contribution in [3.05, 3.63) is 22.8 Å². The number of fused-ring (bicyclic) bond motifs is 1. The van der Waals surface area contributed by atoms with Gasteiger partial charge in [0.1, 0.15) is 29.9 Å². The highest BCUT2D eigenvalue weighted by Crippen LogP contribution is 2.37. The first kappa shape index (κ1) is 17.2. The van der Waals surface area contributed by atoms with Crippen LogP contribution in [0.2, 0.25) is 0 Å². The Bertz CT molecular complexity index is 804. The number of nitrogens with one attached hydrogen (secondary N) is 1. The Morgan fingerprint density at radius 2 is 2.32 bits per heavy atom. The molecule has 25 heavy (non-hydrogen) atoms. The number of β-lactam (4-membered cyclic amide) rings is 1. The fourth-order valence-corrected chi connectivity index (χ4v) is 4.18. The van der Waals surface area contributed by atoms with Crippen molar-refractivity contribution in [2.45, 2.75) is 11.4 Å². The molecule has 1 fully saturated rings. The molecule has 3 heterocycles. The molecule has 2 amide bonds. The molecule has 0 saturated carbocycles. The topological polar surface area (TPSA) is 147 Å². The largest absolute Gasteiger partial charge is 0.477 e. The van der Waals surface area contributed by atoms with Crippen molar-refractivity contribution in [1.29, 1.82) is 0 Å². The predicted octanol–water partition coefficient (Wildman–Crippen LogP) is -0.556. The highest BCUT2D eigenvalue weighted by Gasteiger charge is 2.53. The Morgan fingerprint density at radius 1 is 1.56 bits per heavy atom. The van der Waals surface area contributed by atoms with Gasteiger partial charge in [0.25, 0.3) is 11.8 Å². The third kappa shape index (κ3) is 3.05. The number of amides is 2. The molecule has 2 atom stereocenters. The summed E-state index contributed by atoms with van der Waals surface area (Å²) in [6.45, 7) is 0. The first-order chi connectivity index (χ1) is 11.9. The zero-order valence-corrected chi connectivity index (χ0v) is 14.5. The van der Waals surface area contributed by atoms with Gasteiger partial charge in [0.15, 0.2) is 10.8 Å². The van der Waals surface area contributed by atoms with E-state index in [4.69, 9.17) is 10.8 Å². The number of nitrogens with two attached hydrogens (primary N) is 1. The number of nitrogen functional groups attached to an aromatic ring is 1. The molecule has 0 aliphatic carbocycles. The third-order valence-corrected chi connectivity index (χ3v) is 5.37. The molecule has 3 rings (SSSR count). The van der Waals surface area contributed by atoms with Crippen LogP contribution >= 0.6 is 23.1 Å². The second kappa shape index (κ2) is 6.72. The van der Waals surface area contributed by atoms with E-state index < -0.39 is 29.2 Å². The van der Waals surface area contributed by atoms with Gasteiger partial charge in [-0.15, -0.1) is 23.1 Å². The lowest BCUT2D eigenvalue weighted by molar-refractivity contribution is -0.150. The SMILES string of the molecule is CO/N=C(\C(=O)N[C@@H]1C(=O)N2C(C(=O)O)=CCSC12)c1csc(N)n1. The Morgan fingerprint density at radius 3 is 2.92 bits per heavy atom. The van der Waals surface area contributed by atoms with E-state index in [1.165, 1.54) is 24.9 Å². The Kier molecular flexibility index (Phi) is 4.63. The minimum atomic E-state index is -1.18. The van der Waals surface area contributed by atoms with Gasteiger partial charge in [-0.2, -0.15) is 0 Å². The zero-order chi connectivity index (χ0) is 18.1. The van der Waals surface area contributed by atoms with Crippen LogP contribution in [-0.4, -0.2) is 62.8 Å². The van der Waals surface area contributed by atoms with E-state index in [9.17, 15) is 14.4 Å². The van der Waals surface area contributed by atoms with Crippen LogP contribution in [0.3, 0.4) is 0 Å². The van der Waals surface area contributed by atoms with Gasteiger partial charge in [0.2, 0.25) is 0 Å². The monoisotopic (exact) mass is 383 g/mol. The van der Waals surface area contributed by atoms with Crippen LogP contribution in [0.1, 0.15) is 5.69 Å². The maximum atomic E-state index is 12.5. The number of rotatable bonds is 5. The fourth-order valence-electron chi connectivity index (χ4n) is 2.44. The molecular weight excluding hydrogens is 370 g/mol. The van der Waals surface area contributed by atoms with Crippen molar-refractivity contribution in [2.24, 2.45) is 5.16 Å². The maximum Gasteiger partial charge on any atom is 0.352 e. The van der Waals surface area contributed by atoms with Crippen molar-refractivity contribution < 1.29 is 24.3 Å². The molecule has 0 radical (unpaired) electrons. The summed E-state index contributed by atoms with van der Waals surface area (Å²) in [6.07, 6.45) is 1.47. The summed E-state index contributed by atoms with van der Waals surface area (Å²) in [5.41, 5.74) is 5.60. The number of nitrogens with zero attached hydrogens (tertiary/aromatic N) is 3. The lowest BCUT2D eigenvalue weighted by atomic mass is 10.0. The molecule has 0 spiro atoms. The van der Waals surface area contributed by atoms with Gasteiger partial charge in [0, 0.05) is 11.1 Å². The summed E-state index contributed by atoms with van der Waals surface area (Å²) in [6, 6.07) is -0.849. The molecule has 1 saturated heterocycles. The number of thiazole rings is 1. The first-order valence-corrected chi connectivity index (χ1v) is 8.88. The highest BCUT2D eigenvalue weighted by molar-refractivity contribution is 8.00. The summed E-state index contributed by atoms with van der Waals surface area (Å²) >= 11 is 2.49. The Hall–Kier alpha value is -2.60. The maximum absolute atomic E-state index is 12.5. The molecule has 12 heteroatoms. The van der Waals surface area contributed by atoms with Crippen LogP contribution < -0.4 is 11.1 Å². The number of carboxylic acids is 1. The summed E-state index contributed by atoms with van der Waals surface area (Å²) in [7, 11) is 1.28. The summed E-state index contributed by atoms with van der Waals surface area (Å²) in [4.78, 5) is 45.7. The number of carbonyl (C=O) groups is 3. The lowest BCUT2D eigenvalue weighted by Crippen LogP contribution is -2.70. The van der Waals surface area contributed by atoms with E-state index in [0.717, 1.165) is 16.2 Å². The predicted molar refractivity (Wildman–Crippen MR) is 90.8 cm³/mol. The minimum absolute atomic E-state index is 0.0719. The zero-order valence-electron chi connectivity index (χ0n) is 12.8. The molecule has 4 N–H and O–H groups in total. The average molecular weight is 383 g/mol. The average Bonchev–Trinajstić information content (AvgIpc) is 3.02. The second-order valence-electron chi connectivity index (χ2n) is 4.97. The van der Waals surface area contributed by atoms with Gasteiger partial charge < -0.3 is 21.0 Å². The first-order valence-electron chi connectivity index (χ1n) is 6.95. The van der Waals surface area contributed by atoms with Gasteiger partial charge in [-0.05, 0) is 6.08 Å². The quantitative estimate of drug-likeness (QED) is 0.348. The third-order valence-electron chi connectivity index (χ3n) is 3.51. The van der Waals surface area contributed by atoms with Gasteiger partial charge in [-0.25, -0.2) is 9.78 Å². The van der Waals surface area contributed by atoms with Crippen molar-refractivity contribution in [3.8, 4) is 0 Å². The lowest BCUT2D eigenvalue weighted by Gasteiger charge is -2.48. The number of anilines is 1. The summed E-state index contributed by atoms with van der Waals surface area (Å²) in [5.74, 6) is -1.89. The number of hydrogen-bond donors (Lipinski definition) is 3. The standard InChI is InChI=1S/C13H13N5O5S2/c1-23-17-7(5-4-25-13(14)15-5)9(19)16-8-10(20)18-6(12(21)22)2-3-24-11(8)18/h2,4,8,11H,3H2,1H3,(H2,14,15)(H,16,19)(H,21,22)/b17-7-/t8-,11?/m1/s1. The molecule has 0 aromatic carbocycles. The fraction of sp³-hybridized carbons (Fsp3) is 0.308. The number of aromatic nitrogens is 1. The van der Waals surface area contributed by atoms with E-state index in [1.54, 1.807) is 5.38 Å². The van der Waals surface area contributed by atoms with E-state index in [0.29, 0.717) is 5.75 Å². The van der Waals surface area contributed by atoms with Crippen LogP contribution in [0.5, 0.6) is 0 Å². The number of oxime groups is 1. The highest BCUT2D eigenvalue weighted by atomic mass is 32.2. The van der Waals surface area contributed by atoms with E-state index in [-0.39, 0.29) is 22.2 Å². The summed E-state index contributed by atoms with van der Waals surface area (Å²) in [5, 5.41) is 16.7. The van der Waals surface area contributed by atoms with Crippen LogP contribution in [0, 0.1) is 0 Å². The van der Waals surface area contributed by atoms with E-state index in [2.05, 4.69) is 20.3 Å². The number of hydrogen-bond acceptors (Lipinski definition) is 9. The second-order valence-corrected chi connectivity index (χ2v) is 7.01. The van der Waals surface area contributed by atoms with Gasteiger partial charge in [-0.3, -0.25) is 14.5 Å². The van der Waals surface area contributed by atoms with Crippen molar-refractivity contribution in [2.75, 3.05) is 18.6 Å². The molecule has 2 aliphatic rings. The van der Waals surface area contributed by atoms with Gasteiger partial charge in [-0.1, -0.05) is 5.16 Å². The van der Waals surface area contributed by atoms with Crippen LogP contribution in [0.25, 0.3) is 0 Å². The molecule has 1 aromatic rings. The molecule has 0 bridgehead atoms. The van der Waals surface area contributed by atoms with Crippen molar-refractivity contribution in [3.63, 3.8) is 0 Å². The molecule has 1 aromatic heterocycles. The number of thioether (sulfide) groups is 1. The van der Waals surface area contributed by atoms with E-state index in [1.807, 2.05) is 0 Å². The molecular formula is C13H13N5O5S2. The van der Waals surface area contributed by atoms with Gasteiger partial charge in [0.05, 0.1) is 0 Å². The van der Waals surface area contributed by atoms with Crippen molar-refractivity contribution >= 4 is 51.7 Å². The van der Waals surface area contributed by atoms with Crippen LogP contribution in [0.4, 0.5) is 5.13 Å². The summed E-state index contributed by atoms with van der Waals surface area (Å²) < 4.78 is 0. The Balaban J connectivity index is 1.75. The number of aliphatic carboxylic acids is 1. The van der Waals surface area contributed by atoms with Gasteiger partial charge >= 0.3 is 5.97 Å². The van der Waals surface area contributed by atoms with Crippen molar-refractivity contribution in [1.82, 2.24) is 15.2 Å². The number of carbonyl (C=O) groups excluding carboxylic acids is 2. The number of carboxylic acid groups (broad SMARTS) is 1. The molecule has 2 aliphatic heterocycles. The molecule has 1 unspecified atom stereocenters.